The summed E-state index contributed by atoms with van der Waals surface area (Å²) in [5.41, 5.74) is 7.48. The van der Waals surface area contributed by atoms with Gasteiger partial charge < -0.3 is 5.73 Å². The van der Waals surface area contributed by atoms with Crippen molar-refractivity contribution < 1.29 is 0 Å². The summed E-state index contributed by atoms with van der Waals surface area (Å²) in [6.07, 6.45) is 6.26. The number of rotatable bonds is 3. The van der Waals surface area contributed by atoms with Crippen molar-refractivity contribution in [2.45, 2.75) is 32.1 Å². The van der Waals surface area contributed by atoms with Gasteiger partial charge in [0.2, 0.25) is 0 Å². The van der Waals surface area contributed by atoms with Crippen molar-refractivity contribution in [3.05, 3.63) is 30.1 Å². The largest absolute Gasteiger partial charge is 0.330 e. The Kier molecular flexibility index (Phi) is 2.79. The minimum absolute atomic E-state index is 0.225. The first-order valence-corrected chi connectivity index (χ1v) is 5.78. The highest BCUT2D eigenvalue weighted by molar-refractivity contribution is 5.26. The lowest BCUT2D eigenvalue weighted by Gasteiger charge is -2.49. The number of nitrogens with two attached hydrogens (primary N) is 1. The smallest absolute Gasteiger partial charge is 0.0306 e. The Bertz CT molecular complexity index is 313. The van der Waals surface area contributed by atoms with Crippen LogP contribution < -0.4 is 5.73 Å². The highest BCUT2D eigenvalue weighted by Crippen LogP contribution is 2.49. The molecular formula is C13H20N2. The van der Waals surface area contributed by atoms with Gasteiger partial charge in [-0.1, -0.05) is 19.9 Å². The lowest BCUT2D eigenvalue weighted by atomic mass is 9.56. The summed E-state index contributed by atoms with van der Waals surface area (Å²) in [4.78, 5) is 4.19. The monoisotopic (exact) mass is 204 g/mol. The summed E-state index contributed by atoms with van der Waals surface area (Å²) in [6.45, 7) is 5.35. The van der Waals surface area contributed by atoms with Crippen molar-refractivity contribution in [1.82, 2.24) is 4.98 Å². The molecule has 0 aromatic carbocycles. The molecule has 15 heavy (non-hydrogen) atoms. The molecular weight excluding hydrogens is 184 g/mol. The number of hydrogen-bond acceptors (Lipinski definition) is 2. The van der Waals surface area contributed by atoms with Crippen molar-refractivity contribution in [3.63, 3.8) is 0 Å². The van der Waals surface area contributed by atoms with E-state index in [0.29, 0.717) is 0 Å². The Labute approximate surface area is 91.9 Å². The van der Waals surface area contributed by atoms with Crippen LogP contribution in [0.4, 0.5) is 0 Å². The quantitative estimate of drug-likeness (QED) is 0.820. The second-order valence-electron chi connectivity index (χ2n) is 5.14. The first-order chi connectivity index (χ1) is 7.18. The molecule has 82 valence electrons. The van der Waals surface area contributed by atoms with Crippen LogP contribution in [-0.2, 0) is 5.41 Å². The Morgan fingerprint density at radius 3 is 2.73 bits per heavy atom. The molecule has 0 atom stereocenters. The summed E-state index contributed by atoms with van der Waals surface area (Å²) in [5.74, 6) is 1.62. The lowest BCUT2D eigenvalue weighted by Crippen LogP contribution is -2.48. The first-order valence-electron chi connectivity index (χ1n) is 5.78. The standard InChI is InChI=1S/C13H20N2/c1-10(2)11-6-13(7-11,9-14)12-4-3-5-15-8-12/h3-5,8,10-11H,6-7,9,14H2,1-2H3. The van der Waals surface area contributed by atoms with Gasteiger partial charge in [-0.05, 0) is 36.3 Å². The van der Waals surface area contributed by atoms with Gasteiger partial charge in [0.05, 0.1) is 0 Å². The molecule has 2 N–H and O–H groups in total. The van der Waals surface area contributed by atoms with Gasteiger partial charge in [0.25, 0.3) is 0 Å². The third-order valence-corrected chi connectivity index (χ3v) is 3.91. The van der Waals surface area contributed by atoms with Crippen LogP contribution in [0.25, 0.3) is 0 Å². The van der Waals surface area contributed by atoms with Crippen molar-refractivity contribution in [3.8, 4) is 0 Å². The number of hydrogen-bond donors (Lipinski definition) is 1. The average Bonchev–Trinajstić information content (AvgIpc) is 2.18. The molecule has 0 spiro atoms. The van der Waals surface area contributed by atoms with E-state index in [1.165, 1.54) is 18.4 Å². The molecule has 1 heterocycles. The Morgan fingerprint density at radius 2 is 2.27 bits per heavy atom. The topological polar surface area (TPSA) is 38.9 Å². The Morgan fingerprint density at radius 1 is 1.53 bits per heavy atom. The van der Waals surface area contributed by atoms with Gasteiger partial charge in [-0.3, -0.25) is 4.98 Å². The lowest BCUT2D eigenvalue weighted by molar-refractivity contribution is 0.106. The van der Waals surface area contributed by atoms with Crippen LogP contribution in [0.3, 0.4) is 0 Å². The predicted octanol–water partition coefficient (Wildman–Crippen LogP) is 2.34. The summed E-state index contributed by atoms with van der Waals surface area (Å²) in [5, 5.41) is 0. The van der Waals surface area contributed by atoms with E-state index in [-0.39, 0.29) is 5.41 Å². The van der Waals surface area contributed by atoms with Crippen molar-refractivity contribution in [1.29, 1.82) is 0 Å². The van der Waals surface area contributed by atoms with E-state index >= 15 is 0 Å². The highest BCUT2D eigenvalue weighted by Gasteiger charge is 2.45. The minimum Gasteiger partial charge on any atom is -0.330 e. The molecule has 0 aliphatic heterocycles. The maximum Gasteiger partial charge on any atom is 0.0306 e. The summed E-state index contributed by atoms with van der Waals surface area (Å²) in [7, 11) is 0. The molecule has 1 aromatic rings. The molecule has 0 saturated heterocycles. The maximum atomic E-state index is 5.94. The third-order valence-electron chi connectivity index (χ3n) is 3.91. The number of pyridine rings is 1. The van der Waals surface area contributed by atoms with Gasteiger partial charge in [0.15, 0.2) is 0 Å². The first kappa shape index (κ1) is 10.6. The van der Waals surface area contributed by atoms with E-state index in [2.05, 4.69) is 24.9 Å². The number of aromatic nitrogens is 1. The molecule has 0 radical (unpaired) electrons. The van der Waals surface area contributed by atoms with E-state index in [9.17, 15) is 0 Å². The zero-order valence-electron chi connectivity index (χ0n) is 9.61. The number of nitrogens with zero attached hydrogens (tertiary/aromatic N) is 1. The molecule has 1 saturated carbocycles. The third kappa shape index (κ3) is 1.78. The molecule has 1 aliphatic rings. The fourth-order valence-electron chi connectivity index (χ4n) is 2.61. The van der Waals surface area contributed by atoms with Crippen molar-refractivity contribution >= 4 is 0 Å². The molecule has 2 rings (SSSR count). The second-order valence-corrected chi connectivity index (χ2v) is 5.14. The van der Waals surface area contributed by atoms with Gasteiger partial charge in [0, 0.05) is 24.4 Å². The SMILES string of the molecule is CC(C)C1CC(CN)(c2cccnc2)C1. The predicted molar refractivity (Wildman–Crippen MR) is 62.5 cm³/mol. The van der Waals surface area contributed by atoms with Gasteiger partial charge in [-0.15, -0.1) is 0 Å². The van der Waals surface area contributed by atoms with Gasteiger partial charge in [-0.25, -0.2) is 0 Å². The van der Waals surface area contributed by atoms with Crippen LogP contribution in [0.5, 0.6) is 0 Å². The summed E-state index contributed by atoms with van der Waals surface area (Å²) in [6, 6.07) is 4.17. The molecule has 1 aromatic heterocycles. The van der Waals surface area contributed by atoms with Crippen LogP contribution in [0.15, 0.2) is 24.5 Å². The Balaban J connectivity index is 2.14. The molecule has 2 nitrogen and oxygen atoms in total. The maximum absolute atomic E-state index is 5.94. The van der Waals surface area contributed by atoms with Crippen molar-refractivity contribution in [2.24, 2.45) is 17.6 Å². The molecule has 0 unspecified atom stereocenters. The fourth-order valence-corrected chi connectivity index (χ4v) is 2.61. The van der Waals surface area contributed by atoms with E-state index in [1.54, 1.807) is 0 Å². The van der Waals surface area contributed by atoms with E-state index in [1.807, 2.05) is 18.5 Å². The van der Waals surface area contributed by atoms with Crippen LogP contribution in [0.2, 0.25) is 0 Å². The molecule has 1 aliphatic carbocycles. The normalized spacial score (nSPS) is 30.3. The van der Waals surface area contributed by atoms with Gasteiger partial charge in [-0.2, -0.15) is 0 Å². The summed E-state index contributed by atoms with van der Waals surface area (Å²) >= 11 is 0. The van der Waals surface area contributed by atoms with Gasteiger partial charge in [0.1, 0.15) is 0 Å². The van der Waals surface area contributed by atoms with Gasteiger partial charge >= 0.3 is 0 Å². The van der Waals surface area contributed by atoms with E-state index in [4.69, 9.17) is 5.73 Å². The van der Waals surface area contributed by atoms with Crippen LogP contribution in [-0.4, -0.2) is 11.5 Å². The summed E-state index contributed by atoms with van der Waals surface area (Å²) < 4.78 is 0. The zero-order chi connectivity index (χ0) is 10.9. The zero-order valence-corrected chi connectivity index (χ0v) is 9.61. The molecule has 2 heteroatoms. The average molecular weight is 204 g/mol. The Hall–Kier alpha value is -0.890. The minimum atomic E-state index is 0.225. The van der Waals surface area contributed by atoms with E-state index in [0.717, 1.165) is 18.4 Å². The fraction of sp³-hybridized carbons (Fsp3) is 0.615. The second kappa shape index (κ2) is 3.93. The molecule has 0 amide bonds. The van der Waals surface area contributed by atoms with Crippen molar-refractivity contribution in [2.75, 3.05) is 6.54 Å². The van der Waals surface area contributed by atoms with Crippen LogP contribution in [0.1, 0.15) is 32.3 Å². The van der Waals surface area contributed by atoms with Crippen LogP contribution in [0, 0.1) is 11.8 Å². The van der Waals surface area contributed by atoms with E-state index < -0.39 is 0 Å². The molecule has 0 bridgehead atoms. The molecule has 1 fully saturated rings. The highest BCUT2D eigenvalue weighted by atomic mass is 14.7. The van der Waals surface area contributed by atoms with Crippen LogP contribution >= 0.6 is 0 Å².